The highest BCUT2D eigenvalue weighted by atomic mass is 16.5. The van der Waals surface area contributed by atoms with E-state index in [4.69, 9.17) is 5.73 Å². The third-order valence-corrected chi connectivity index (χ3v) is 1.55. The lowest BCUT2D eigenvalue weighted by Crippen LogP contribution is -2.33. The van der Waals surface area contributed by atoms with E-state index in [2.05, 4.69) is 14.7 Å². The van der Waals surface area contributed by atoms with Gasteiger partial charge in [-0.15, -0.1) is 0 Å². The van der Waals surface area contributed by atoms with Crippen molar-refractivity contribution < 1.29 is 9.53 Å². The molecule has 0 aromatic carbocycles. The number of ether oxygens (including phenoxy) is 1. The molecule has 1 aromatic rings. The van der Waals surface area contributed by atoms with Crippen LogP contribution in [0.25, 0.3) is 0 Å². The molecule has 2 N–H and O–H groups in total. The summed E-state index contributed by atoms with van der Waals surface area (Å²) in [6, 6.07) is -0.665. The van der Waals surface area contributed by atoms with Crippen LogP contribution in [0.5, 0.6) is 0 Å². The Hall–Kier alpha value is -1.49. The van der Waals surface area contributed by atoms with Gasteiger partial charge in [-0.1, -0.05) is 0 Å². The fourth-order valence-electron chi connectivity index (χ4n) is 0.895. The second kappa shape index (κ2) is 4.51. The van der Waals surface area contributed by atoms with Crippen LogP contribution in [0.2, 0.25) is 0 Å². The van der Waals surface area contributed by atoms with Crippen LogP contribution in [0.4, 0.5) is 0 Å². The zero-order chi connectivity index (χ0) is 9.68. The van der Waals surface area contributed by atoms with Crippen LogP contribution in [0.15, 0.2) is 18.6 Å². The normalized spacial score (nSPS) is 12.2. The lowest BCUT2D eigenvalue weighted by atomic mass is 10.2. The molecule has 0 fully saturated rings. The number of carbonyl (C=O) groups excluding carboxylic acids is 1. The Morgan fingerprint density at radius 3 is 3.00 bits per heavy atom. The maximum absolute atomic E-state index is 10.9. The van der Waals surface area contributed by atoms with E-state index in [-0.39, 0.29) is 0 Å². The van der Waals surface area contributed by atoms with Crippen molar-refractivity contribution in [2.75, 3.05) is 7.11 Å². The van der Waals surface area contributed by atoms with Crippen molar-refractivity contribution in [1.82, 2.24) is 9.97 Å². The second-order valence-electron chi connectivity index (χ2n) is 2.53. The molecule has 1 atom stereocenters. The van der Waals surface area contributed by atoms with E-state index < -0.39 is 12.0 Å². The number of esters is 1. The number of hydrogen-bond acceptors (Lipinski definition) is 5. The van der Waals surface area contributed by atoms with Gasteiger partial charge in [-0.2, -0.15) is 0 Å². The minimum Gasteiger partial charge on any atom is -0.468 e. The zero-order valence-electron chi connectivity index (χ0n) is 7.30. The first-order valence-corrected chi connectivity index (χ1v) is 3.82. The number of rotatable bonds is 3. The van der Waals surface area contributed by atoms with Crippen LogP contribution in [-0.2, 0) is 16.0 Å². The standard InChI is InChI=1S/C8H11N3O2/c1-13-8(12)7(9)4-6-5-10-2-3-11-6/h2-3,5,7H,4,9H2,1H3/t7-/m1/s1. The molecular weight excluding hydrogens is 170 g/mol. The van der Waals surface area contributed by atoms with Crippen LogP contribution in [0, 0.1) is 0 Å². The van der Waals surface area contributed by atoms with E-state index in [0.717, 1.165) is 0 Å². The molecule has 0 aliphatic heterocycles. The van der Waals surface area contributed by atoms with Crippen molar-refractivity contribution in [3.05, 3.63) is 24.3 Å². The van der Waals surface area contributed by atoms with E-state index in [1.54, 1.807) is 18.6 Å². The van der Waals surface area contributed by atoms with Crippen LogP contribution >= 0.6 is 0 Å². The molecule has 1 heterocycles. The summed E-state index contributed by atoms with van der Waals surface area (Å²) in [5.74, 6) is -0.439. The van der Waals surface area contributed by atoms with E-state index in [1.807, 2.05) is 0 Å². The molecule has 5 heteroatoms. The van der Waals surface area contributed by atoms with Gasteiger partial charge >= 0.3 is 5.97 Å². The highest BCUT2D eigenvalue weighted by molar-refractivity contribution is 5.75. The number of methoxy groups -OCH3 is 1. The van der Waals surface area contributed by atoms with Crippen LogP contribution in [-0.4, -0.2) is 29.1 Å². The first kappa shape index (κ1) is 9.60. The molecule has 0 saturated heterocycles. The van der Waals surface area contributed by atoms with E-state index in [1.165, 1.54) is 7.11 Å². The molecule has 5 nitrogen and oxygen atoms in total. The summed E-state index contributed by atoms with van der Waals surface area (Å²) in [5, 5.41) is 0. The van der Waals surface area contributed by atoms with E-state index >= 15 is 0 Å². The van der Waals surface area contributed by atoms with Crippen molar-refractivity contribution in [3.63, 3.8) is 0 Å². The minimum absolute atomic E-state index is 0.348. The molecule has 0 saturated carbocycles. The molecule has 0 spiro atoms. The summed E-state index contributed by atoms with van der Waals surface area (Å²) in [6.45, 7) is 0. The van der Waals surface area contributed by atoms with Gasteiger partial charge < -0.3 is 10.5 Å². The summed E-state index contributed by atoms with van der Waals surface area (Å²) in [5.41, 5.74) is 6.20. The summed E-state index contributed by atoms with van der Waals surface area (Å²) >= 11 is 0. The van der Waals surface area contributed by atoms with Gasteiger partial charge in [0.1, 0.15) is 6.04 Å². The molecule has 0 unspecified atom stereocenters. The van der Waals surface area contributed by atoms with Crippen molar-refractivity contribution in [2.45, 2.75) is 12.5 Å². The molecule has 0 aliphatic rings. The first-order valence-electron chi connectivity index (χ1n) is 3.82. The Morgan fingerprint density at radius 1 is 1.69 bits per heavy atom. The van der Waals surface area contributed by atoms with Crippen molar-refractivity contribution in [1.29, 1.82) is 0 Å². The van der Waals surface area contributed by atoms with Gasteiger partial charge in [0, 0.05) is 25.0 Å². The molecule has 0 amide bonds. The fraction of sp³-hybridized carbons (Fsp3) is 0.375. The monoisotopic (exact) mass is 181 g/mol. The predicted octanol–water partition coefficient (Wildman–Crippen LogP) is -0.481. The summed E-state index contributed by atoms with van der Waals surface area (Å²) in [4.78, 5) is 18.8. The lowest BCUT2D eigenvalue weighted by Gasteiger charge is -2.07. The average Bonchev–Trinajstić information content (AvgIpc) is 2.18. The zero-order valence-corrected chi connectivity index (χ0v) is 7.30. The number of hydrogen-bond donors (Lipinski definition) is 1. The van der Waals surface area contributed by atoms with Gasteiger partial charge in [0.15, 0.2) is 0 Å². The van der Waals surface area contributed by atoms with Gasteiger partial charge in [-0.05, 0) is 0 Å². The van der Waals surface area contributed by atoms with Gasteiger partial charge in [-0.25, -0.2) is 0 Å². The Labute approximate surface area is 75.9 Å². The van der Waals surface area contributed by atoms with E-state index in [9.17, 15) is 4.79 Å². The summed E-state index contributed by atoms with van der Waals surface area (Å²) in [6.07, 6.45) is 5.04. The number of carbonyl (C=O) groups is 1. The SMILES string of the molecule is COC(=O)[C@H](N)Cc1cnccn1. The molecule has 0 aliphatic carbocycles. The highest BCUT2D eigenvalue weighted by Crippen LogP contribution is 1.96. The molecule has 1 rings (SSSR count). The number of nitrogens with zero attached hydrogens (tertiary/aromatic N) is 2. The van der Waals surface area contributed by atoms with Crippen molar-refractivity contribution in [2.24, 2.45) is 5.73 Å². The van der Waals surface area contributed by atoms with Crippen LogP contribution in [0.1, 0.15) is 5.69 Å². The molecule has 0 bridgehead atoms. The summed E-state index contributed by atoms with van der Waals surface area (Å²) in [7, 11) is 1.30. The summed E-state index contributed by atoms with van der Waals surface area (Å²) < 4.78 is 4.47. The number of nitrogens with two attached hydrogens (primary N) is 1. The molecule has 0 radical (unpaired) electrons. The quantitative estimate of drug-likeness (QED) is 0.637. The van der Waals surface area contributed by atoms with Gasteiger partial charge in [0.05, 0.1) is 12.8 Å². The molecule has 1 aromatic heterocycles. The Morgan fingerprint density at radius 2 is 2.46 bits per heavy atom. The smallest absolute Gasteiger partial charge is 0.323 e. The van der Waals surface area contributed by atoms with Crippen LogP contribution < -0.4 is 5.73 Å². The van der Waals surface area contributed by atoms with Gasteiger partial charge in [0.25, 0.3) is 0 Å². The van der Waals surface area contributed by atoms with Crippen LogP contribution in [0.3, 0.4) is 0 Å². The molecule has 70 valence electrons. The lowest BCUT2D eigenvalue weighted by molar-refractivity contribution is -0.142. The first-order chi connectivity index (χ1) is 6.24. The number of aromatic nitrogens is 2. The van der Waals surface area contributed by atoms with E-state index in [0.29, 0.717) is 12.1 Å². The molecule has 13 heavy (non-hydrogen) atoms. The largest absolute Gasteiger partial charge is 0.468 e. The van der Waals surface area contributed by atoms with Gasteiger partial charge in [0.2, 0.25) is 0 Å². The Kier molecular flexibility index (Phi) is 3.33. The highest BCUT2D eigenvalue weighted by Gasteiger charge is 2.14. The van der Waals surface area contributed by atoms with Crippen molar-refractivity contribution in [3.8, 4) is 0 Å². The Balaban J connectivity index is 2.55. The Bertz CT molecular complexity index is 276. The second-order valence-corrected chi connectivity index (χ2v) is 2.53. The third kappa shape index (κ3) is 2.79. The fourth-order valence-corrected chi connectivity index (χ4v) is 0.895. The topological polar surface area (TPSA) is 78.1 Å². The minimum atomic E-state index is -0.665. The maximum Gasteiger partial charge on any atom is 0.323 e. The predicted molar refractivity (Wildman–Crippen MR) is 45.7 cm³/mol. The maximum atomic E-state index is 10.9. The average molecular weight is 181 g/mol. The molecular formula is C8H11N3O2. The van der Waals surface area contributed by atoms with Crippen molar-refractivity contribution >= 4 is 5.97 Å². The van der Waals surface area contributed by atoms with Gasteiger partial charge in [-0.3, -0.25) is 14.8 Å². The third-order valence-electron chi connectivity index (χ3n) is 1.55.